The summed E-state index contributed by atoms with van der Waals surface area (Å²) in [5, 5.41) is 9.20. The molecule has 1 saturated carbocycles. The third-order valence-electron chi connectivity index (χ3n) is 3.36. The largest absolute Gasteiger partial charge is 0.478 e. The number of aromatic carboxylic acids is 1. The van der Waals surface area contributed by atoms with Gasteiger partial charge < -0.3 is 10.1 Å². The molecule has 2 N–H and O–H groups in total. The molecule has 1 aromatic heterocycles. The summed E-state index contributed by atoms with van der Waals surface area (Å²) < 4.78 is 0. The van der Waals surface area contributed by atoms with Crippen LogP contribution in [0.5, 0.6) is 0 Å². The molecule has 18 heavy (non-hydrogen) atoms. The van der Waals surface area contributed by atoms with Crippen molar-refractivity contribution in [3.8, 4) is 0 Å². The number of benzene rings is 1. The summed E-state index contributed by atoms with van der Waals surface area (Å²) in [7, 11) is 0. The number of H-pyrrole nitrogens is 1. The van der Waals surface area contributed by atoms with E-state index in [1.807, 2.05) is 18.2 Å². The van der Waals surface area contributed by atoms with E-state index < -0.39 is 5.97 Å². The molecule has 1 heterocycles. The lowest BCUT2D eigenvalue weighted by Crippen LogP contribution is -1.98. The van der Waals surface area contributed by atoms with Crippen molar-refractivity contribution in [1.82, 2.24) is 4.98 Å². The lowest BCUT2D eigenvalue weighted by Gasteiger charge is -1.98. The van der Waals surface area contributed by atoms with Gasteiger partial charge in [0, 0.05) is 17.8 Å². The molecule has 0 atom stereocenters. The van der Waals surface area contributed by atoms with Crippen molar-refractivity contribution in [3.63, 3.8) is 0 Å². The van der Waals surface area contributed by atoms with E-state index in [1.165, 1.54) is 5.56 Å². The second kappa shape index (κ2) is 4.33. The maximum absolute atomic E-state index is 11.2. The molecular formula is C15H15NO2. The third-order valence-corrected chi connectivity index (χ3v) is 3.36. The molecule has 0 aliphatic heterocycles. The Morgan fingerprint density at radius 2 is 2.00 bits per heavy atom. The van der Waals surface area contributed by atoms with E-state index in [9.17, 15) is 9.90 Å². The molecule has 3 rings (SSSR count). The van der Waals surface area contributed by atoms with E-state index in [-0.39, 0.29) is 0 Å². The van der Waals surface area contributed by atoms with Gasteiger partial charge in [-0.05, 0) is 30.4 Å². The van der Waals surface area contributed by atoms with Gasteiger partial charge in [-0.2, -0.15) is 0 Å². The number of rotatable bonds is 4. The van der Waals surface area contributed by atoms with Gasteiger partial charge in [0.2, 0.25) is 0 Å². The number of carbonyl (C=O) groups is 1. The lowest BCUT2D eigenvalue weighted by atomic mass is 10.1. The molecule has 0 amide bonds. The van der Waals surface area contributed by atoms with Gasteiger partial charge >= 0.3 is 5.97 Å². The van der Waals surface area contributed by atoms with E-state index in [4.69, 9.17) is 0 Å². The number of hydrogen-bond acceptors (Lipinski definition) is 1. The predicted molar refractivity (Wildman–Crippen MR) is 69.0 cm³/mol. The third kappa shape index (κ3) is 2.16. The van der Waals surface area contributed by atoms with Crippen molar-refractivity contribution >= 4 is 5.97 Å². The van der Waals surface area contributed by atoms with Crippen LogP contribution in [-0.2, 0) is 6.42 Å². The minimum absolute atomic E-state index is 0.431. The molecule has 2 aromatic rings. The SMILES string of the molecule is O=C(O)c1cc(Cc2ccccc2)[nH]c1C1CC1. The first kappa shape index (κ1) is 11.1. The molecule has 0 spiro atoms. The van der Waals surface area contributed by atoms with Crippen molar-refractivity contribution in [2.24, 2.45) is 0 Å². The Kier molecular flexibility index (Phi) is 2.67. The molecule has 1 fully saturated rings. The average molecular weight is 241 g/mol. The highest BCUT2D eigenvalue weighted by Gasteiger charge is 2.30. The van der Waals surface area contributed by atoms with Crippen molar-refractivity contribution in [2.45, 2.75) is 25.2 Å². The zero-order valence-electron chi connectivity index (χ0n) is 10.0. The maximum Gasteiger partial charge on any atom is 0.337 e. The fraction of sp³-hybridized carbons (Fsp3) is 0.267. The Morgan fingerprint density at radius 1 is 1.28 bits per heavy atom. The average Bonchev–Trinajstić information content (AvgIpc) is 3.12. The minimum atomic E-state index is -0.826. The summed E-state index contributed by atoms with van der Waals surface area (Å²) in [6, 6.07) is 11.9. The summed E-state index contributed by atoms with van der Waals surface area (Å²) in [5.41, 5.74) is 3.54. The van der Waals surface area contributed by atoms with Crippen LogP contribution in [0.1, 0.15) is 46.1 Å². The van der Waals surface area contributed by atoms with Gasteiger partial charge in [0.05, 0.1) is 5.56 Å². The maximum atomic E-state index is 11.2. The predicted octanol–water partition coefficient (Wildman–Crippen LogP) is 3.18. The molecule has 3 heteroatoms. The first-order valence-corrected chi connectivity index (χ1v) is 6.23. The van der Waals surface area contributed by atoms with Gasteiger partial charge in [-0.25, -0.2) is 4.79 Å². The Bertz CT molecular complexity index is 567. The van der Waals surface area contributed by atoms with Crippen molar-refractivity contribution in [3.05, 3.63) is 58.9 Å². The summed E-state index contributed by atoms with van der Waals surface area (Å²) in [5.74, 6) is -0.395. The van der Waals surface area contributed by atoms with Gasteiger partial charge in [0.1, 0.15) is 0 Å². The molecular weight excluding hydrogens is 226 g/mol. The van der Waals surface area contributed by atoms with Gasteiger partial charge in [0.15, 0.2) is 0 Å². The molecule has 92 valence electrons. The van der Waals surface area contributed by atoms with E-state index in [0.717, 1.165) is 30.7 Å². The number of carboxylic acid groups (broad SMARTS) is 1. The van der Waals surface area contributed by atoms with Crippen molar-refractivity contribution < 1.29 is 9.90 Å². The van der Waals surface area contributed by atoms with Gasteiger partial charge in [-0.15, -0.1) is 0 Å². The second-order valence-electron chi connectivity index (χ2n) is 4.86. The monoisotopic (exact) mass is 241 g/mol. The molecule has 0 bridgehead atoms. The number of carboxylic acids is 1. The Morgan fingerprint density at radius 3 is 2.61 bits per heavy atom. The van der Waals surface area contributed by atoms with E-state index in [2.05, 4.69) is 17.1 Å². The molecule has 0 saturated heterocycles. The van der Waals surface area contributed by atoms with Crippen LogP contribution in [0.4, 0.5) is 0 Å². The smallest absolute Gasteiger partial charge is 0.337 e. The summed E-state index contributed by atoms with van der Waals surface area (Å²) >= 11 is 0. The first-order chi connectivity index (χ1) is 8.74. The highest BCUT2D eigenvalue weighted by molar-refractivity contribution is 5.89. The Labute approximate surface area is 105 Å². The zero-order valence-corrected chi connectivity index (χ0v) is 10.0. The van der Waals surface area contributed by atoms with Gasteiger partial charge in [-0.3, -0.25) is 0 Å². The number of aromatic amines is 1. The van der Waals surface area contributed by atoms with Crippen LogP contribution in [0.2, 0.25) is 0 Å². The van der Waals surface area contributed by atoms with Crippen LogP contribution in [0.15, 0.2) is 36.4 Å². The van der Waals surface area contributed by atoms with E-state index >= 15 is 0 Å². The van der Waals surface area contributed by atoms with E-state index in [0.29, 0.717) is 11.5 Å². The molecule has 3 nitrogen and oxygen atoms in total. The van der Waals surface area contributed by atoms with Crippen molar-refractivity contribution in [1.29, 1.82) is 0 Å². The standard InChI is InChI=1S/C15H15NO2/c17-15(18)13-9-12(16-14(13)11-6-7-11)8-10-4-2-1-3-5-10/h1-5,9,11,16H,6-8H2,(H,17,18). The molecule has 0 unspecified atom stereocenters. The van der Waals surface area contributed by atoms with Crippen LogP contribution < -0.4 is 0 Å². The van der Waals surface area contributed by atoms with Gasteiger partial charge in [0.25, 0.3) is 0 Å². The minimum Gasteiger partial charge on any atom is -0.478 e. The second-order valence-corrected chi connectivity index (χ2v) is 4.86. The molecule has 1 aliphatic carbocycles. The molecule has 1 aromatic carbocycles. The van der Waals surface area contributed by atoms with Crippen LogP contribution in [0, 0.1) is 0 Å². The topological polar surface area (TPSA) is 53.1 Å². The van der Waals surface area contributed by atoms with Gasteiger partial charge in [-0.1, -0.05) is 30.3 Å². The highest BCUT2D eigenvalue weighted by Crippen LogP contribution is 2.41. The highest BCUT2D eigenvalue weighted by atomic mass is 16.4. The summed E-state index contributed by atoms with van der Waals surface area (Å²) in [6.45, 7) is 0. The fourth-order valence-corrected chi connectivity index (χ4v) is 2.31. The number of nitrogens with one attached hydrogen (secondary N) is 1. The fourth-order valence-electron chi connectivity index (χ4n) is 2.31. The number of aromatic nitrogens is 1. The quantitative estimate of drug-likeness (QED) is 0.863. The first-order valence-electron chi connectivity index (χ1n) is 6.23. The molecule has 1 aliphatic rings. The summed E-state index contributed by atoms with van der Waals surface area (Å²) in [4.78, 5) is 14.5. The summed E-state index contributed by atoms with van der Waals surface area (Å²) in [6.07, 6.45) is 2.96. The normalized spacial score (nSPS) is 14.7. The van der Waals surface area contributed by atoms with E-state index in [1.54, 1.807) is 6.07 Å². The Balaban J connectivity index is 1.89. The van der Waals surface area contributed by atoms with Crippen LogP contribution in [-0.4, -0.2) is 16.1 Å². The molecule has 0 radical (unpaired) electrons. The van der Waals surface area contributed by atoms with Crippen LogP contribution in [0.25, 0.3) is 0 Å². The zero-order chi connectivity index (χ0) is 12.5. The number of hydrogen-bond donors (Lipinski definition) is 2. The Hall–Kier alpha value is -2.03. The van der Waals surface area contributed by atoms with Crippen molar-refractivity contribution in [2.75, 3.05) is 0 Å². The van der Waals surface area contributed by atoms with Crippen LogP contribution in [0.3, 0.4) is 0 Å². The lowest BCUT2D eigenvalue weighted by molar-refractivity contribution is 0.0696. The van der Waals surface area contributed by atoms with Crippen LogP contribution >= 0.6 is 0 Å².